The van der Waals surface area contributed by atoms with Gasteiger partial charge in [-0.15, -0.1) is 0 Å². The quantitative estimate of drug-likeness (QED) is 0.291. The molecule has 0 aliphatic heterocycles. The van der Waals surface area contributed by atoms with Crippen LogP contribution in [0, 0.1) is 11.8 Å². The number of unbranched alkanes of at least 4 members (excludes halogenated alkanes) is 1. The summed E-state index contributed by atoms with van der Waals surface area (Å²) in [5.74, 6) is 0.0418. The van der Waals surface area contributed by atoms with E-state index in [-0.39, 0.29) is 35.9 Å². The lowest BCUT2D eigenvalue weighted by atomic mass is 9.98. The third-order valence-electron chi connectivity index (χ3n) is 3.60. The summed E-state index contributed by atoms with van der Waals surface area (Å²) in [5, 5.41) is 12.5. The van der Waals surface area contributed by atoms with Gasteiger partial charge in [0.2, 0.25) is 11.8 Å². The van der Waals surface area contributed by atoms with E-state index in [4.69, 9.17) is 15.6 Å². The highest BCUT2D eigenvalue weighted by Gasteiger charge is 2.16. The SMILES string of the molecule is CC.CC(C)C(=O)NCCCC(=O)NCCCCC(N)C(=O)C(C)C.O=CO. The minimum absolute atomic E-state index is 0.00801. The van der Waals surface area contributed by atoms with Crippen molar-refractivity contribution in [3.8, 4) is 0 Å². The molecule has 1 unspecified atom stereocenters. The molecule has 5 N–H and O–H groups in total. The van der Waals surface area contributed by atoms with Crippen LogP contribution in [-0.2, 0) is 19.2 Å². The van der Waals surface area contributed by atoms with Crippen LogP contribution in [0.25, 0.3) is 0 Å². The Hall–Kier alpha value is -1.96. The van der Waals surface area contributed by atoms with Crippen molar-refractivity contribution in [3.63, 3.8) is 0 Å². The molecule has 2 amide bonds. The summed E-state index contributed by atoms with van der Waals surface area (Å²) in [6.07, 6.45) is 3.34. The van der Waals surface area contributed by atoms with Gasteiger partial charge in [-0.25, -0.2) is 0 Å². The first-order valence-corrected chi connectivity index (χ1v) is 10.1. The lowest BCUT2D eigenvalue weighted by molar-refractivity contribution is -0.124. The average molecular weight is 404 g/mol. The topological polar surface area (TPSA) is 139 Å². The van der Waals surface area contributed by atoms with Crippen molar-refractivity contribution >= 4 is 24.1 Å². The Labute approximate surface area is 170 Å². The van der Waals surface area contributed by atoms with E-state index in [1.54, 1.807) is 0 Å². The lowest BCUT2D eigenvalue weighted by Gasteiger charge is -2.12. The first-order valence-electron chi connectivity index (χ1n) is 10.1. The number of hydrogen-bond donors (Lipinski definition) is 4. The molecule has 0 aromatic heterocycles. The summed E-state index contributed by atoms with van der Waals surface area (Å²) in [6.45, 7) is 12.2. The van der Waals surface area contributed by atoms with Gasteiger partial charge in [-0.2, -0.15) is 0 Å². The number of amides is 2. The maximum atomic E-state index is 11.6. The molecule has 0 aromatic rings. The number of nitrogens with two attached hydrogens (primary N) is 1. The maximum Gasteiger partial charge on any atom is 0.290 e. The second kappa shape index (κ2) is 21.3. The van der Waals surface area contributed by atoms with Gasteiger partial charge in [0.1, 0.15) is 0 Å². The number of Topliss-reactive ketones (excluding diaryl/α,β-unsaturated/α-hetero) is 1. The summed E-state index contributed by atoms with van der Waals surface area (Å²) >= 11 is 0. The standard InChI is InChI=1S/C17H33N3O3.C2H6.CH2O2/c1-12(2)16(22)14(18)8-5-6-10-19-15(21)9-7-11-20-17(23)13(3)4;1-2;2-1-3/h12-14H,5-11,18H2,1-4H3,(H,19,21)(H,20,23);1-2H3;1H,(H,2,3). The fourth-order valence-corrected chi connectivity index (χ4v) is 2.04. The molecule has 0 aliphatic carbocycles. The molecule has 0 saturated heterocycles. The van der Waals surface area contributed by atoms with E-state index in [9.17, 15) is 14.4 Å². The monoisotopic (exact) mass is 403 g/mol. The lowest BCUT2D eigenvalue weighted by Crippen LogP contribution is -2.34. The molecular weight excluding hydrogens is 362 g/mol. The van der Waals surface area contributed by atoms with Gasteiger partial charge in [0, 0.05) is 31.3 Å². The molecule has 0 aliphatic rings. The Kier molecular flexibility index (Phi) is 23.4. The zero-order chi connectivity index (χ0) is 22.5. The normalized spacial score (nSPS) is 10.8. The molecule has 0 rings (SSSR count). The van der Waals surface area contributed by atoms with Crippen LogP contribution in [-0.4, -0.2) is 48.3 Å². The largest absolute Gasteiger partial charge is 0.483 e. The number of ketones is 1. The van der Waals surface area contributed by atoms with Crippen molar-refractivity contribution < 1.29 is 24.3 Å². The van der Waals surface area contributed by atoms with Gasteiger partial charge < -0.3 is 21.5 Å². The van der Waals surface area contributed by atoms with Crippen LogP contribution in [0.15, 0.2) is 0 Å². The average Bonchev–Trinajstić information content (AvgIpc) is 2.65. The molecule has 0 fully saturated rings. The van der Waals surface area contributed by atoms with Crippen LogP contribution in [0.4, 0.5) is 0 Å². The first-order chi connectivity index (χ1) is 13.2. The molecule has 0 spiro atoms. The molecule has 0 bridgehead atoms. The Morgan fingerprint density at radius 1 is 0.929 bits per heavy atom. The Morgan fingerprint density at radius 2 is 1.43 bits per heavy atom. The van der Waals surface area contributed by atoms with Crippen LogP contribution < -0.4 is 16.4 Å². The van der Waals surface area contributed by atoms with E-state index in [1.165, 1.54) is 0 Å². The van der Waals surface area contributed by atoms with E-state index in [0.29, 0.717) is 32.4 Å². The van der Waals surface area contributed by atoms with E-state index in [2.05, 4.69) is 10.6 Å². The van der Waals surface area contributed by atoms with Crippen LogP contribution in [0.3, 0.4) is 0 Å². The summed E-state index contributed by atoms with van der Waals surface area (Å²) in [5.41, 5.74) is 5.82. The van der Waals surface area contributed by atoms with E-state index in [0.717, 1.165) is 12.8 Å². The van der Waals surface area contributed by atoms with Crippen LogP contribution in [0.1, 0.15) is 73.6 Å². The number of hydrogen-bond acceptors (Lipinski definition) is 5. The van der Waals surface area contributed by atoms with Crippen molar-refractivity contribution in [2.45, 2.75) is 79.7 Å². The Morgan fingerprint density at radius 3 is 1.89 bits per heavy atom. The molecule has 0 heterocycles. The van der Waals surface area contributed by atoms with Gasteiger partial charge in [0.05, 0.1) is 6.04 Å². The third kappa shape index (κ3) is 20.4. The number of carboxylic acid groups (broad SMARTS) is 1. The molecule has 0 radical (unpaired) electrons. The van der Waals surface area contributed by atoms with Crippen molar-refractivity contribution in [1.29, 1.82) is 0 Å². The Bertz CT molecular complexity index is 426. The minimum atomic E-state index is -0.393. The van der Waals surface area contributed by atoms with Crippen molar-refractivity contribution in [2.24, 2.45) is 17.6 Å². The van der Waals surface area contributed by atoms with Crippen molar-refractivity contribution in [1.82, 2.24) is 10.6 Å². The maximum absolute atomic E-state index is 11.6. The molecule has 0 saturated carbocycles. The van der Waals surface area contributed by atoms with Gasteiger partial charge in [-0.05, 0) is 25.7 Å². The van der Waals surface area contributed by atoms with Crippen LogP contribution >= 0.6 is 0 Å². The predicted octanol–water partition coefficient (Wildman–Crippen LogP) is 2.10. The van der Waals surface area contributed by atoms with E-state index < -0.39 is 6.04 Å². The van der Waals surface area contributed by atoms with E-state index >= 15 is 0 Å². The summed E-state index contributed by atoms with van der Waals surface area (Å²) in [6, 6.07) is -0.393. The van der Waals surface area contributed by atoms with Gasteiger partial charge in [-0.1, -0.05) is 41.5 Å². The van der Waals surface area contributed by atoms with Gasteiger partial charge in [0.25, 0.3) is 6.47 Å². The fourth-order valence-electron chi connectivity index (χ4n) is 2.04. The molecule has 8 heteroatoms. The van der Waals surface area contributed by atoms with Crippen LogP contribution in [0.5, 0.6) is 0 Å². The van der Waals surface area contributed by atoms with Crippen molar-refractivity contribution in [2.75, 3.05) is 13.1 Å². The second-order valence-electron chi connectivity index (χ2n) is 6.66. The number of rotatable bonds is 12. The Balaban J connectivity index is -0.00000113. The van der Waals surface area contributed by atoms with Crippen molar-refractivity contribution in [3.05, 3.63) is 0 Å². The third-order valence-corrected chi connectivity index (χ3v) is 3.60. The molecule has 28 heavy (non-hydrogen) atoms. The predicted molar refractivity (Wildman–Crippen MR) is 112 cm³/mol. The zero-order valence-corrected chi connectivity index (χ0v) is 18.4. The zero-order valence-electron chi connectivity index (χ0n) is 18.4. The van der Waals surface area contributed by atoms with Gasteiger partial charge >= 0.3 is 0 Å². The highest BCUT2D eigenvalue weighted by atomic mass is 16.3. The highest BCUT2D eigenvalue weighted by molar-refractivity contribution is 5.85. The summed E-state index contributed by atoms with van der Waals surface area (Å²) in [4.78, 5) is 42.9. The summed E-state index contributed by atoms with van der Waals surface area (Å²) < 4.78 is 0. The molecule has 166 valence electrons. The molecule has 1 atom stereocenters. The smallest absolute Gasteiger partial charge is 0.290 e. The number of carbonyl (C=O) groups is 4. The fraction of sp³-hybridized carbons (Fsp3) is 0.800. The van der Waals surface area contributed by atoms with Gasteiger partial charge in [-0.3, -0.25) is 19.2 Å². The molecule has 8 nitrogen and oxygen atoms in total. The number of carbonyl (C=O) groups excluding carboxylic acids is 3. The van der Waals surface area contributed by atoms with Crippen LogP contribution in [0.2, 0.25) is 0 Å². The summed E-state index contributed by atoms with van der Waals surface area (Å²) in [7, 11) is 0. The minimum Gasteiger partial charge on any atom is -0.483 e. The number of nitrogens with one attached hydrogen (secondary N) is 2. The molecule has 0 aromatic carbocycles. The first kappa shape index (κ1) is 30.8. The highest BCUT2D eigenvalue weighted by Crippen LogP contribution is 2.05. The van der Waals surface area contributed by atoms with Gasteiger partial charge in [0.15, 0.2) is 5.78 Å². The second-order valence-corrected chi connectivity index (χ2v) is 6.66. The van der Waals surface area contributed by atoms with E-state index in [1.807, 2.05) is 41.5 Å². The molecular formula is C20H41N3O5.